The summed E-state index contributed by atoms with van der Waals surface area (Å²) in [5.41, 5.74) is 0. The molecule has 0 aromatic rings. The minimum atomic E-state index is -5.17. The quantitative estimate of drug-likeness (QED) is 0.151. The van der Waals surface area contributed by atoms with Gasteiger partial charge in [0.05, 0.1) is 0 Å². The summed E-state index contributed by atoms with van der Waals surface area (Å²) < 4.78 is 136. The average molecular weight is 560 g/mol. The molecule has 0 aliphatic rings. The molecule has 0 spiro atoms. The maximum atomic E-state index is 8.52. The molecule has 25 heteroatoms. The van der Waals surface area contributed by atoms with Gasteiger partial charge in [-0.25, -0.2) is 0 Å². The summed E-state index contributed by atoms with van der Waals surface area (Å²) in [5.74, 6) is 0. The molecule has 0 aliphatic heterocycles. The Balaban J connectivity index is -0.0000000183. The Morgan fingerprint density at radius 2 is 0.320 bits per heavy atom. The van der Waals surface area contributed by atoms with Gasteiger partial charge in [-0.15, -0.1) is 0 Å². The van der Waals surface area contributed by atoms with Crippen LogP contribution < -0.4 is 0 Å². The minimum Gasteiger partial charge on any atom is -2.00 e. The van der Waals surface area contributed by atoms with Crippen LogP contribution in [0.5, 0.6) is 0 Å². The normalized spacial score (nSPS) is 9.28. The van der Waals surface area contributed by atoms with Crippen LogP contribution in [0.4, 0.5) is 0 Å². The molecule has 0 aromatic heterocycles. The molecule has 0 saturated carbocycles. The number of rotatable bonds is 0. The summed E-state index contributed by atoms with van der Waals surface area (Å²) in [6.07, 6.45) is 0. The van der Waals surface area contributed by atoms with E-state index in [1.165, 1.54) is 0 Å². The molecule has 0 atom stereocenters. The van der Waals surface area contributed by atoms with E-state index in [1.807, 2.05) is 0 Å². The zero-order chi connectivity index (χ0) is 18.0. The van der Waals surface area contributed by atoms with Gasteiger partial charge < -0.3 is 47.4 Å². The largest absolute Gasteiger partial charge is 4.00 e. The third-order valence-corrected chi connectivity index (χ3v) is 0. The van der Waals surface area contributed by atoms with Crippen LogP contribution in [0.15, 0.2) is 0 Å². The first-order valence-corrected chi connectivity index (χ1v) is 8.00. The van der Waals surface area contributed by atoms with E-state index in [1.54, 1.807) is 0 Å². The zero-order valence-electron chi connectivity index (χ0n) is 10.5. The van der Waals surface area contributed by atoms with Crippen molar-refractivity contribution in [3.8, 4) is 0 Å². The van der Waals surface area contributed by atoms with Crippen molar-refractivity contribution in [1.82, 2.24) is 0 Å². The molecule has 0 bridgehead atoms. The van der Waals surface area contributed by atoms with E-state index in [0.717, 1.165) is 0 Å². The van der Waals surface area contributed by atoms with Crippen LogP contribution in [0, 0.1) is 0 Å². The van der Waals surface area contributed by atoms with E-state index in [4.69, 9.17) is 70.1 Å². The van der Waals surface area contributed by atoms with Gasteiger partial charge in [0, 0.05) is 41.6 Å². The molecule has 18 nitrogen and oxygen atoms in total. The van der Waals surface area contributed by atoms with Gasteiger partial charge in [-0.1, -0.05) is 0 Å². The second-order valence-electron chi connectivity index (χ2n) is 1.63. The smallest absolute Gasteiger partial charge is 2.00 e. The van der Waals surface area contributed by atoms with Gasteiger partial charge in [0.15, 0.2) is 0 Å². The molecule has 0 aromatic carbocycles. The van der Waals surface area contributed by atoms with Crippen LogP contribution in [0.1, 0.15) is 0 Å². The van der Waals surface area contributed by atoms with E-state index in [2.05, 4.69) is 0 Å². The maximum absolute atomic E-state index is 8.52. The monoisotopic (exact) mass is 560 g/mol. The van der Waals surface area contributed by atoms with Crippen molar-refractivity contribution >= 4 is 41.6 Å². The summed E-state index contributed by atoms with van der Waals surface area (Å²) in [4.78, 5) is 0. The van der Waals surface area contributed by atoms with Crippen LogP contribution >= 0.6 is 0 Å². The molecule has 0 rings (SSSR count). The molecule has 0 fully saturated rings. The average Bonchev–Trinajstić information content (AvgIpc) is 1.62. The van der Waals surface area contributed by atoms with Crippen molar-refractivity contribution in [2.24, 2.45) is 0 Å². The summed E-state index contributed by atoms with van der Waals surface area (Å²) in [5, 5.41) is 0. The molecule has 0 heterocycles. The molecule has 0 radical (unpaired) electrons. The van der Waals surface area contributed by atoms with Crippen LogP contribution in [0.25, 0.3) is 0 Å². The third kappa shape index (κ3) is 5950. The van der Waals surface area contributed by atoms with Crippen LogP contribution in [0.3, 0.4) is 0 Å². The maximum Gasteiger partial charge on any atom is 4.00 e. The fraction of sp³-hybridized carbons (Fsp3) is 0. The Kier molecular flexibility index (Phi) is 53.1. The van der Waals surface area contributed by atoms with Gasteiger partial charge in [-0.05, 0) is 0 Å². The van der Waals surface area contributed by atoms with Crippen molar-refractivity contribution in [2.45, 2.75) is 0 Å². The topological polar surface area (TPSA) is 378 Å². The van der Waals surface area contributed by atoms with E-state index in [0.29, 0.717) is 0 Å². The van der Waals surface area contributed by atoms with Crippen LogP contribution in [-0.2, 0) is 118 Å². The van der Waals surface area contributed by atoms with Gasteiger partial charge >= 0.3 is 65.2 Å². The minimum absolute atomic E-state index is 0. The second-order valence-corrected chi connectivity index (χ2v) is 4.90. The molecule has 0 amide bonds. The van der Waals surface area contributed by atoms with Crippen molar-refractivity contribution in [3.63, 3.8) is 0 Å². The van der Waals surface area contributed by atoms with E-state index in [-0.39, 0.29) is 76.1 Å². The van der Waals surface area contributed by atoms with E-state index >= 15 is 0 Å². The fourth-order valence-corrected chi connectivity index (χ4v) is 0. The van der Waals surface area contributed by atoms with E-state index < -0.39 is 41.6 Å². The molecule has 0 aliphatic carbocycles. The Hall–Kier alpha value is 1.54. The first-order chi connectivity index (χ1) is 8.00. The van der Waals surface area contributed by atoms with E-state index in [9.17, 15) is 0 Å². The summed E-state index contributed by atoms with van der Waals surface area (Å²) in [7, 11) is -20.7. The summed E-state index contributed by atoms with van der Waals surface area (Å²) >= 11 is 0. The van der Waals surface area contributed by atoms with Crippen molar-refractivity contribution in [1.29, 1.82) is 0 Å². The van der Waals surface area contributed by atoms with Crippen molar-refractivity contribution < 1.29 is 146 Å². The Labute approximate surface area is 186 Å². The van der Waals surface area contributed by atoms with Gasteiger partial charge in [0.1, 0.15) is 0 Å². The SMILES string of the molecule is O=S(=O)([O-])[O-].O=S(=O)([O-])[O-].O=S(=O)([O-])[O-].O=S(=O)([O-])[O-].[O-2].[O-2].[Ti+4].[Ti+4].[Ti+4]. The van der Waals surface area contributed by atoms with Gasteiger partial charge in [-0.2, -0.15) is 0 Å². The molecule has 144 valence electrons. The predicted molar refractivity (Wildman–Crippen MR) is 43.3 cm³/mol. The number of hydrogen-bond donors (Lipinski definition) is 0. The number of hydrogen-bond acceptors (Lipinski definition) is 16. The van der Waals surface area contributed by atoms with Gasteiger partial charge in [0.25, 0.3) is 0 Å². The van der Waals surface area contributed by atoms with Crippen LogP contribution in [-0.4, -0.2) is 70.1 Å². The second kappa shape index (κ2) is 23.6. The van der Waals surface area contributed by atoms with Crippen LogP contribution in [0.2, 0.25) is 0 Å². The first kappa shape index (κ1) is 56.3. The predicted octanol–water partition coefficient (Wildman–Crippen LogP) is -5.60. The molecular weight excluding hydrogens is 560 g/mol. The summed E-state index contributed by atoms with van der Waals surface area (Å²) in [6, 6.07) is 0. The molecule has 25 heavy (non-hydrogen) atoms. The summed E-state index contributed by atoms with van der Waals surface area (Å²) in [6.45, 7) is 0. The third-order valence-electron chi connectivity index (χ3n) is 0. The van der Waals surface area contributed by atoms with Crippen molar-refractivity contribution in [2.75, 3.05) is 0 Å². The molecule has 0 N–H and O–H groups in total. The standard InChI is InChI=1S/4H2O4S.2O.3Ti/c4*1-5(2,3)4;;;;;/h4*(H2,1,2,3,4);;;;;/q;;;;2*-2;3*+4/p-8. The van der Waals surface area contributed by atoms with Gasteiger partial charge in [0.2, 0.25) is 0 Å². The Bertz CT molecular complexity index is 481. The first-order valence-electron chi connectivity index (χ1n) is 2.67. The zero-order valence-corrected chi connectivity index (χ0v) is 18.4. The fourth-order valence-electron chi connectivity index (χ4n) is 0. The molecule has 0 unspecified atom stereocenters. The van der Waals surface area contributed by atoms with Gasteiger partial charge in [-0.3, -0.25) is 33.7 Å². The molecular formula is O18S4Ti3. The molecule has 0 saturated heterocycles. The Morgan fingerprint density at radius 3 is 0.320 bits per heavy atom. The van der Waals surface area contributed by atoms with Crippen molar-refractivity contribution in [3.05, 3.63) is 0 Å². The Morgan fingerprint density at radius 1 is 0.320 bits per heavy atom.